The summed E-state index contributed by atoms with van der Waals surface area (Å²) in [6, 6.07) is 0.0110. The van der Waals surface area contributed by atoms with Gasteiger partial charge < -0.3 is 4.42 Å². The monoisotopic (exact) mass is 210 g/mol. The van der Waals surface area contributed by atoms with Crippen molar-refractivity contribution in [3.8, 4) is 0 Å². The van der Waals surface area contributed by atoms with E-state index < -0.39 is 5.91 Å². The molecule has 1 heterocycles. The van der Waals surface area contributed by atoms with Crippen molar-refractivity contribution in [3.63, 3.8) is 0 Å². The molecule has 1 amide bonds. The molecule has 80 valence electrons. The summed E-state index contributed by atoms with van der Waals surface area (Å²) in [5, 5.41) is 12.7. The third kappa shape index (κ3) is 3.28. The number of carbonyl (C=O) groups excluding carboxylic acids is 1. The van der Waals surface area contributed by atoms with Gasteiger partial charge in [-0.3, -0.25) is 10.1 Å². The predicted octanol–water partition coefficient (Wildman–Crippen LogP) is 1.44. The summed E-state index contributed by atoms with van der Waals surface area (Å²) in [7, 11) is 0. The topological polar surface area (TPSA) is 117 Å². The van der Waals surface area contributed by atoms with Gasteiger partial charge in [0.05, 0.1) is 0 Å². The Morgan fingerprint density at radius 2 is 2.40 bits per heavy atom. The molecule has 0 atom stereocenters. The first-order valence-corrected chi connectivity index (χ1v) is 4.27. The molecular formula is C7H10N6O2. The van der Waals surface area contributed by atoms with Gasteiger partial charge in [0, 0.05) is 10.8 Å². The molecule has 15 heavy (non-hydrogen) atoms. The maximum Gasteiger partial charge on any atom is 0.322 e. The number of hydrogen-bond donors (Lipinski definition) is 1. The van der Waals surface area contributed by atoms with Crippen LogP contribution in [0.2, 0.25) is 0 Å². The Hall–Kier alpha value is -2.08. The van der Waals surface area contributed by atoms with Gasteiger partial charge in [-0.25, -0.2) is 0 Å². The lowest BCUT2D eigenvalue weighted by Crippen LogP contribution is -2.14. The lowest BCUT2D eigenvalue weighted by molar-refractivity contribution is -0.115. The minimum atomic E-state index is -0.494. The van der Waals surface area contributed by atoms with Gasteiger partial charge in [0.15, 0.2) is 0 Å². The first kappa shape index (κ1) is 11.0. The quantitative estimate of drug-likeness (QED) is 0.459. The van der Waals surface area contributed by atoms with E-state index >= 15 is 0 Å². The van der Waals surface area contributed by atoms with Gasteiger partial charge in [0.1, 0.15) is 6.54 Å². The van der Waals surface area contributed by atoms with E-state index in [9.17, 15) is 4.79 Å². The molecule has 0 fully saturated rings. The second-order valence-electron chi connectivity index (χ2n) is 3.04. The summed E-state index contributed by atoms with van der Waals surface area (Å²) < 4.78 is 5.11. The van der Waals surface area contributed by atoms with Gasteiger partial charge in [0.2, 0.25) is 11.8 Å². The first-order valence-electron chi connectivity index (χ1n) is 4.27. The van der Waals surface area contributed by atoms with Gasteiger partial charge in [-0.1, -0.05) is 24.1 Å². The molecule has 1 aromatic heterocycles. The molecule has 0 aliphatic heterocycles. The molecule has 0 saturated heterocycles. The first-order chi connectivity index (χ1) is 7.13. The average molecular weight is 210 g/mol. The summed E-state index contributed by atoms with van der Waals surface area (Å²) >= 11 is 0. The van der Waals surface area contributed by atoms with Crippen molar-refractivity contribution in [1.82, 2.24) is 10.2 Å². The van der Waals surface area contributed by atoms with Crippen LogP contribution in [0.5, 0.6) is 0 Å². The Labute approximate surface area is 85.3 Å². The summed E-state index contributed by atoms with van der Waals surface area (Å²) in [6.45, 7) is 3.48. The fourth-order valence-corrected chi connectivity index (χ4v) is 0.773. The molecule has 0 unspecified atom stereocenters. The van der Waals surface area contributed by atoms with Crippen molar-refractivity contribution < 1.29 is 9.21 Å². The molecule has 8 heteroatoms. The van der Waals surface area contributed by atoms with Crippen LogP contribution in [0, 0.1) is 0 Å². The normalized spacial score (nSPS) is 9.80. The molecule has 0 radical (unpaired) electrons. The summed E-state index contributed by atoms with van der Waals surface area (Å²) in [4.78, 5) is 13.5. The van der Waals surface area contributed by atoms with Crippen LogP contribution in [-0.4, -0.2) is 22.6 Å². The highest BCUT2D eigenvalue weighted by molar-refractivity contribution is 5.90. The molecule has 0 aliphatic carbocycles. The number of nitrogens with one attached hydrogen (secondary N) is 1. The van der Waals surface area contributed by atoms with E-state index in [4.69, 9.17) is 9.95 Å². The number of carbonyl (C=O) groups is 1. The highest BCUT2D eigenvalue weighted by Gasteiger charge is 2.11. The Bertz CT molecular complexity index is 392. The molecule has 0 saturated carbocycles. The van der Waals surface area contributed by atoms with Crippen LogP contribution >= 0.6 is 0 Å². The van der Waals surface area contributed by atoms with E-state index in [0.717, 1.165) is 0 Å². The molecule has 1 aromatic rings. The Morgan fingerprint density at radius 3 is 2.93 bits per heavy atom. The number of aromatic nitrogens is 2. The van der Waals surface area contributed by atoms with E-state index in [0.29, 0.717) is 5.89 Å². The summed E-state index contributed by atoms with van der Waals surface area (Å²) in [5.41, 5.74) is 7.99. The minimum Gasteiger partial charge on any atom is -0.408 e. The van der Waals surface area contributed by atoms with Crippen LogP contribution in [0.4, 0.5) is 6.01 Å². The van der Waals surface area contributed by atoms with Crippen LogP contribution in [0.25, 0.3) is 10.4 Å². The van der Waals surface area contributed by atoms with Gasteiger partial charge in [0.25, 0.3) is 0 Å². The number of amides is 1. The van der Waals surface area contributed by atoms with Crippen LogP contribution < -0.4 is 5.32 Å². The molecule has 0 aromatic carbocycles. The second kappa shape index (κ2) is 4.97. The third-order valence-corrected chi connectivity index (χ3v) is 1.46. The zero-order chi connectivity index (χ0) is 11.3. The Balaban J connectivity index is 2.57. The minimum absolute atomic E-state index is 0.0110. The average Bonchev–Trinajstić information content (AvgIpc) is 2.63. The zero-order valence-electron chi connectivity index (χ0n) is 8.34. The van der Waals surface area contributed by atoms with Crippen molar-refractivity contribution in [1.29, 1.82) is 0 Å². The SMILES string of the molecule is CC(C)c1nnc(NC(=O)CN=[N+]=[N-])o1. The van der Waals surface area contributed by atoms with Crippen LogP contribution in [-0.2, 0) is 4.79 Å². The maximum atomic E-state index is 11.0. The molecule has 0 bridgehead atoms. The van der Waals surface area contributed by atoms with Crippen molar-refractivity contribution in [2.75, 3.05) is 11.9 Å². The molecule has 0 spiro atoms. The molecule has 8 nitrogen and oxygen atoms in total. The van der Waals surface area contributed by atoms with E-state index in [1.54, 1.807) is 0 Å². The standard InChI is InChI=1S/C7H10N6O2/c1-4(2)6-11-12-7(15-6)10-5(14)3-9-13-8/h4H,3H2,1-2H3,(H,10,12,14). The fourth-order valence-electron chi connectivity index (χ4n) is 0.773. The van der Waals surface area contributed by atoms with Gasteiger partial charge in [-0.05, 0) is 5.53 Å². The summed E-state index contributed by atoms with van der Waals surface area (Å²) in [5.74, 6) is 0.0427. The van der Waals surface area contributed by atoms with Crippen molar-refractivity contribution in [3.05, 3.63) is 16.3 Å². The van der Waals surface area contributed by atoms with Crippen LogP contribution in [0.15, 0.2) is 9.53 Å². The van der Waals surface area contributed by atoms with Gasteiger partial charge in [-0.15, -0.1) is 5.10 Å². The summed E-state index contributed by atoms with van der Waals surface area (Å²) in [6.07, 6.45) is 0. The number of rotatable bonds is 4. The van der Waals surface area contributed by atoms with E-state index in [-0.39, 0.29) is 18.5 Å². The largest absolute Gasteiger partial charge is 0.408 e. The maximum absolute atomic E-state index is 11.0. The Kier molecular flexibility index (Phi) is 3.64. The van der Waals surface area contributed by atoms with Gasteiger partial charge >= 0.3 is 6.01 Å². The molecule has 0 aliphatic rings. The van der Waals surface area contributed by atoms with Crippen molar-refractivity contribution in [2.24, 2.45) is 5.11 Å². The Morgan fingerprint density at radius 1 is 1.67 bits per heavy atom. The van der Waals surface area contributed by atoms with E-state index in [1.165, 1.54) is 0 Å². The predicted molar refractivity (Wildman–Crippen MR) is 51.0 cm³/mol. The van der Waals surface area contributed by atoms with Crippen molar-refractivity contribution in [2.45, 2.75) is 19.8 Å². The second-order valence-corrected chi connectivity index (χ2v) is 3.04. The van der Waals surface area contributed by atoms with E-state index in [2.05, 4.69) is 25.5 Å². The highest BCUT2D eigenvalue weighted by atomic mass is 16.4. The highest BCUT2D eigenvalue weighted by Crippen LogP contribution is 2.14. The molecule has 1 N–H and O–H groups in total. The number of hydrogen-bond acceptors (Lipinski definition) is 5. The third-order valence-electron chi connectivity index (χ3n) is 1.46. The lowest BCUT2D eigenvalue weighted by Gasteiger charge is -1.96. The fraction of sp³-hybridized carbons (Fsp3) is 0.571. The number of azide groups is 1. The number of anilines is 1. The zero-order valence-corrected chi connectivity index (χ0v) is 8.34. The van der Waals surface area contributed by atoms with Gasteiger partial charge in [-0.2, -0.15) is 0 Å². The molecule has 1 rings (SSSR count). The smallest absolute Gasteiger partial charge is 0.322 e. The van der Waals surface area contributed by atoms with Crippen LogP contribution in [0.3, 0.4) is 0 Å². The number of nitrogens with zero attached hydrogens (tertiary/aromatic N) is 5. The van der Waals surface area contributed by atoms with E-state index in [1.807, 2.05) is 13.8 Å². The lowest BCUT2D eigenvalue weighted by atomic mass is 10.2. The molecular weight excluding hydrogens is 200 g/mol. The van der Waals surface area contributed by atoms with Crippen molar-refractivity contribution >= 4 is 11.9 Å². The van der Waals surface area contributed by atoms with Crippen LogP contribution in [0.1, 0.15) is 25.7 Å².